The molecule has 1 atom stereocenters. The Hall–Kier alpha value is -1.26. The van der Waals surface area contributed by atoms with Gasteiger partial charge in [0.25, 0.3) is 0 Å². The topological polar surface area (TPSA) is 104 Å². The molecule has 0 saturated heterocycles. The molecule has 21 heavy (non-hydrogen) atoms. The summed E-state index contributed by atoms with van der Waals surface area (Å²) in [6, 6.07) is -0.253. The fourth-order valence-electron chi connectivity index (χ4n) is 3.27. The number of nitrogens with zero attached hydrogens (tertiary/aromatic N) is 3. The fourth-order valence-corrected chi connectivity index (χ4v) is 3.27. The Kier molecular flexibility index (Phi) is 6.99. The number of nitrogens with two attached hydrogens (primary N) is 1. The normalized spacial score (nSPS) is 24.1. The zero-order chi connectivity index (χ0) is 15.9. The highest BCUT2D eigenvalue weighted by Gasteiger charge is 2.34. The number of carbonyl (C=O) groups excluding carboxylic acids is 1. The lowest BCUT2D eigenvalue weighted by Gasteiger charge is -2.39. The molecule has 1 saturated carbocycles. The van der Waals surface area contributed by atoms with Crippen LogP contribution >= 0.6 is 0 Å². The average Bonchev–Trinajstić information content (AvgIpc) is 2.41. The van der Waals surface area contributed by atoms with Gasteiger partial charge in [-0.15, -0.1) is 0 Å². The van der Waals surface area contributed by atoms with Crippen molar-refractivity contribution in [2.24, 2.45) is 28.1 Å². The molecule has 3 N–H and O–H groups in total. The lowest BCUT2D eigenvalue weighted by molar-refractivity contribution is -0.121. The Bertz CT molecular complexity index is 376. The minimum atomic E-state index is -0.266. The molecule has 1 aliphatic rings. The van der Waals surface area contributed by atoms with Crippen LogP contribution < -0.4 is 11.1 Å². The van der Waals surface area contributed by atoms with Gasteiger partial charge in [0.1, 0.15) is 0 Å². The van der Waals surface area contributed by atoms with Gasteiger partial charge in [-0.1, -0.05) is 25.9 Å². The third-order valence-electron chi connectivity index (χ3n) is 4.64. The number of hydrogen-bond acceptors (Lipinski definition) is 3. The van der Waals surface area contributed by atoms with Crippen molar-refractivity contribution in [3.8, 4) is 0 Å². The predicted molar refractivity (Wildman–Crippen MR) is 84.5 cm³/mol. The van der Waals surface area contributed by atoms with Gasteiger partial charge in [0.05, 0.1) is 6.04 Å². The van der Waals surface area contributed by atoms with E-state index < -0.39 is 0 Å². The molecule has 0 aromatic rings. The molecule has 1 unspecified atom stereocenters. The Morgan fingerprint density at radius 2 is 2.00 bits per heavy atom. The van der Waals surface area contributed by atoms with Crippen molar-refractivity contribution >= 4 is 5.91 Å². The van der Waals surface area contributed by atoms with Gasteiger partial charge in [0.2, 0.25) is 5.91 Å². The zero-order valence-electron chi connectivity index (χ0n) is 13.5. The quantitative estimate of drug-likeness (QED) is 0.326. The van der Waals surface area contributed by atoms with E-state index in [-0.39, 0.29) is 11.9 Å². The maximum Gasteiger partial charge on any atom is 0.234 e. The van der Waals surface area contributed by atoms with Crippen LogP contribution in [-0.2, 0) is 4.79 Å². The van der Waals surface area contributed by atoms with Crippen LogP contribution in [-0.4, -0.2) is 25.0 Å². The fraction of sp³-hybridized carbons (Fsp3) is 0.933. The van der Waals surface area contributed by atoms with E-state index in [2.05, 4.69) is 36.1 Å². The van der Waals surface area contributed by atoms with Crippen LogP contribution in [0, 0.1) is 17.3 Å². The first-order valence-corrected chi connectivity index (χ1v) is 7.89. The number of primary amides is 1. The summed E-state index contributed by atoms with van der Waals surface area (Å²) >= 11 is 0. The summed E-state index contributed by atoms with van der Waals surface area (Å²) in [4.78, 5) is 14.4. The van der Waals surface area contributed by atoms with E-state index in [1.165, 1.54) is 12.8 Å². The van der Waals surface area contributed by atoms with Crippen molar-refractivity contribution in [2.75, 3.05) is 13.1 Å². The van der Waals surface area contributed by atoms with E-state index in [9.17, 15) is 4.79 Å². The van der Waals surface area contributed by atoms with Gasteiger partial charge in [-0.05, 0) is 61.4 Å². The van der Waals surface area contributed by atoms with Gasteiger partial charge < -0.3 is 11.1 Å². The summed E-state index contributed by atoms with van der Waals surface area (Å²) < 4.78 is 0. The van der Waals surface area contributed by atoms with E-state index in [0.29, 0.717) is 24.4 Å². The molecule has 1 amide bonds. The molecule has 0 aliphatic heterocycles. The average molecular weight is 295 g/mol. The number of amides is 1. The summed E-state index contributed by atoms with van der Waals surface area (Å²) in [5.41, 5.74) is 14.1. The lowest BCUT2D eigenvalue weighted by atomic mass is 9.68. The molecule has 6 heteroatoms. The first-order valence-electron chi connectivity index (χ1n) is 7.89. The zero-order valence-corrected chi connectivity index (χ0v) is 13.5. The summed E-state index contributed by atoms with van der Waals surface area (Å²) in [6.07, 6.45) is 5.17. The van der Waals surface area contributed by atoms with Crippen LogP contribution in [0.4, 0.5) is 0 Å². The molecule has 120 valence electrons. The van der Waals surface area contributed by atoms with Crippen molar-refractivity contribution in [1.29, 1.82) is 0 Å². The van der Waals surface area contributed by atoms with Crippen molar-refractivity contribution < 1.29 is 4.79 Å². The van der Waals surface area contributed by atoms with Crippen molar-refractivity contribution in [3.63, 3.8) is 0 Å². The minimum absolute atomic E-state index is 0.253. The maximum absolute atomic E-state index is 11.7. The van der Waals surface area contributed by atoms with Gasteiger partial charge in [0, 0.05) is 11.5 Å². The van der Waals surface area contributed by atoms with Crippen LogP contribution in [0.15, 0.2) is 5.11 Å². The Balaban J connectivity index is 2.44. The van der Waals surface area contributed by atoms with Crippen LogP contribution in [0.1, 0.15) is 52.9 Å². The number of carbonyl (C=O) groups is 1. The van der Waals surface area contributed by atoms with Crippen LogP contribution in [0.5, 0.6) is 0 Å². The lowest BCUT2D eigenvalue weighted by Crippen LogP contribution is -2.48. The molecule has 0 bridgehead atoms. The van der Waals surface area contributed by atoms with Gasteiger partial charge in [0.15, 0.2) is 0 Å². The number of azide groups is 1. The SMILES string of the molecule is CC(C)(C)C1CCC(C(NCCCN=[N+]=[N-])C(N)=O)CC1. The predicted octanol–water partition coefficient (Wildman–Crippen LogP) is 2.98. The van der Waals surface area contributed by atoms with Crippen molar-refractivity contribution in [2.45, 2.75) is 58.9 Å². The summed E-state index contributed by atoms with van der Waals surface area (Å²) in [6.45, 7) is 7.98. The molecular formula is C15H29N5O. The molecule has 1 fully saturated rings. The van der Waals surface area contributed by atoms with Gasteiger partial charge in [-0.25, -0.2) is 0 Å². The molecule has 6 nitrogen and oxygen atoms in total. The number of nitrogens with one attached hydrogen (secondary N) is 1. The van der Waals surface area contributed by atoms with Crippen LogP contribution in [0.25, 0.3) is 10.4 Å². The second kappa shape index (κ2) is 8.25. The third-order valence-corrected chi connectivity index (χ3v) is 4.64. The van der Waals surface area contributed by atoms with E-state index in [4.69, 9.17) is 11.3 Å². The Morgan fingerprint density at radius 3 is 2.48 bits per heavy atom. The molecule has 0 aromatic carbocycles. The van der Waals surface area contributed by atoms with E-state index in [1.807, 2.05) is 0 Å². The van der Waals surface area contributed by atoms with Gasteiger partial charge >= 0.3 is 0 Å². The smallest absolute Gasteiger partial charge is 0.234 e. The van der Waals surface area contributed by atoms with Gasteiger partial charge in [-0.3, -0.25) is 4.79 Å². The molecule has 0 heterocycles. The van der Waals surface area contributed by atoms with E-state index >= 15 is 0 Å². The first kappa shape index (κ1) is 17.8. The summed E-state index contributed by atoms with van der Waals surface area (Å²) in [5.74, 6) is 0.797. The van der Waals surface area contributed by atoms with Crippen molar-refractivity contribution in [3.05, 3.63) is 10.4 Å². The second-order valence-corrected chi connectivity index (χ2v) is 7.12. The maximum atomic E-state index is 11.7. The third kappa shape index (κ3) is 5.94. The highest BCUT2D eigenvalue weighted by molar-refractivity contribution is 5.80. The first-order chi connectivity index (χ1) is 9.86. The Morgan fingerprint density at radius 1 is 1.38 bits per heavy atom. The minimum Gasteiger partial charge on any atom is -0.368 e. The number of rotatable bonds is 7. The van der Waals surface area contributed by atoms with Crippen LogP contribution in [0.3, 0.4) is 0 Å². The molecular weight excluding hydrogens is 266 g/mol. The van der Waals surface area contributed by atoms with Gasteiger partial charge in [-0.2, -0.15) is 0 Å². The largest absolute Gasteiger partial charge is 0.368 e. The summed E-state index contributed by atoms with van der Waals surface area (Å²) in [7, 11) is 0. The van der Waals surface area contributed by atoms with Crippen LogP contribution in [0.2, 0.25) is 0 Å². The molecule has 1 aliphatic carbocycles. The molecule has 0 radical (unpaired) electrons. The van der Waals surface area contributed by atoms with Crippen molar-refractivity contribution in [1.82, 2.24) is 5.32 Å². The Labute approximate surface area is 127 Å². The monoisotopic (exact) mass is 295 g/mol. The second-order valence-electron chi connectivity index (χ2n) is 7.12. The molecule has 0 spiro atoms. The van der Waals surface area contributed by atoms with E-state index in [0.717, 1.165) is 25.2 Å². The highest BCUT2D eigenvalue weighted by Crippen LogP contribution is 2.40. The number of hydrogen-bond donors (Lipinski definition) is 2. The van der Waals surface area contributed by atoms with E-state index in [1.54, 1.807) is 0 Å². The standard InChI is InChI=1S/C15H29N5O/c1-15(2,3)12-7-5-11(6-8-12)13(14(16)21)18-9-4-10-19-20-17/h11-13,18H,4-10H2,1-3H3,(H2,16,21). The molecule has 1 rings (SSSR count). The summed E-state index contributed by atoms with van der Waals surface area (Å²) in [5, 5.41) is 6.73. The highest BCUT2D eigenvalue weighted by atomic mass is 16.1. The molecule has 0 aromatic heterocycles.